The van der Waals surface area contributed by atoms with E-state index in [1.807, 2.05) is 19.0 Å². The normalized spacial score (nSPS) is 12.1. The number of carbonyl (C=O) groups is 1. The first-order valence-electron chi connectivity index (χ1n) is 6.87. The van der Waals surface area contributed by atoms with Crippen LogP contribution in [0.4, 0.5) is 0 Å². The van der Waals surface area contributed by atoms with Gasteiger partial charge in [0.05, 0.1) is 4.90 Å². The summed E-state index contributed by atoms with van der Waals surface area (Å²) in [5.41, 5.74) is 1.52. The number of carboxylic acids is 1. The lowest BCUT2D eigenvalue weighted by Crippen LogP contribution is -2.12. The molecule has 0 fully saturated rings. The van der Waals surface area contributed by atoms with Gasteiger partial charge in [0, 0.05) is 25.0 Å². The van der Waals surface area contributed by atoms with Gasteiger partial charge < -0.3 is 10.0 Å². The van der Waals surface area contributed by atoms with Gasteiger partial charge in [0.2, 0.25) is 0 Å². The van der Waals surface area contributed by atoms with Crippen molar-refractivity contribution in [2.24, 2.45) is 0 Å². The number of nitrogens with zero attached hydrogens (tertiary/aromatic N) is 2. The van der Waals surface area contributed by atoms with Crippen LogP contribution >= 0.6 is 0 Å². The zero-order chi connectivity index (χ0) is 17.0. The Morgan fingerprint density at radius 3 is 2.43 bits per heavy atom. The Labute approximate surface area is 135 Å². The Morgan fingerprint density at radius 1 is 1.22 bits per heavy atom. The fourth-order valence-corrected chi connectivity index (χ4v) is 3.27. The van der Waals surface area contributed by atoms with Crippen LogP contribution in [0.2, 0.25) is 0 Å². The first-order chi connectivity index (χ1) is 10.8. The summed E-state index contributed by atoms with van der Waals surface area (Å²) >= 11 is 0. The lowest BCUT2D eigenvalue weighted by molar-refractivity contribution is -0.131. The van der Waals surface area contributed by atoms with E-state index in [0.717, 1.165) is 22.2 Å². The van der Waals surface area contributed by atoms with E-state index in [4.69, 9.17) is 5.11 Å². The minimum atomic E-state index is -3.68. The number of hydrogen-bond donors (Lipinski definition) is 1. The van der Waals surface area contributed by atoms with Crippen molar-refractivity contribution in [2.45, 2.75) is 11.4 Å². The van der Waals surface area contributed by atoms with E-state index >= 15 is 0 Å². The second-order valence-corrected chi connectivity index (χ2v) is 7.18. The first kappa shape index (κ1) is 17.0. The predicted octanol–water partition coefficient (Wildman–Crippen LogP) is 1.88. The highest BCUT2D eigenvalue weighted by Gasteiger charge is 2.16. The molecule has 0 unspecified atom stereocenters. The van der Waals surface area contributed by atoms with Crippen LogP contribution in [-0.2, 0) is 21.4 Å². The molecule has 0 aliphatic heterocycles. The Bertz CT molecular complexity index is 818. The lowest BCUT2D eigenvalue weighted by Gasteiger charge is -2.10. The molecule has 1 N–H and O–H groups in total. The molecule has 0 radical (unpaired) electrons. The fraction of sp³-hybridized carbons (Fsp3) is 0.188. The largest absolute Gasteiger partial charge is 0.478 e. The number of benzene rings is 1. The molecule has 0 saturated carbocycles. The van der Waals surface area contributed by atoms with Gasteiger partial charge in [-0.3, -0.25) is 0 Å². The van der Waals surface area contributed by atoms with Crippen molar-refractivity contribution >= 4 is 22.1 Å². The molecule has 1 aromatic heterocycles. The van der Waals surface area contributed by atoms with Crippen molar-refractivity contribution in [3.8, 4) is 0 Å². The SMILES string of the molecule is CN(C)Cc1ccc(S(=O)(=O)n2ccc(C=CC(=O)O)c2)cc1. The van der Waals surface area contributed by atoms with Crippen molar-refractivity contribution in [2.75, 3.05) is 14.1 Å². The molecule has 23 heavy (non-hydrogen) atoms. The summed E-state index contributed by atoms with van der Waals surface area (Å²) in [6.45, 7) is 0.730. The summed E-state index contributed by atoms with van der Waals surface area (Å²) in [6, 6.07) is 8.24. The van der Waals surface area contributed by atoms with Gasteiger partial charge in [-0.25, -0.2) is 17.2 Å². The van der Waals surface area contributed by atoms with Crippen LogP contribution in [0.25, 0.3) is 6.08 Å². The standard InChI is InChI=1S/C16H18N2O4S/c1-17(2)11-13-3-6-15(7-4-13)23(21,22)18-10-9-14(12-18)5-8-16(19)20/h3-10,12H,11H2,1-2H3,(H,19,20). The summed E-state index contributed by atoms with van der Waals surface area (Å²) in [5.74, 6) is -1.09. The molecule has 0 saturated heterocycles. The highest BCUT2D eigenvalue weighted by molar-refractivity contribution is 7.90. The van der Waals surface area contributed by atoms with Gasteiger partial charge in [-0.2, -0.15) is 0 Å². The first-order valence-corrected chi connectivity index (χ1v) is 8.31. The van der Waals surface area contributed by atoms with Crippen LogP contribution < -0.4 is 0 Å². The maximum atomic E-state index is 12.5. The molecular weight excluding hydrogens is 316 g/mol. The summed E-state index contributed by atoms with van der Waals surface area (Å²) in [6.07, 6.45) is 5.07. The smallest absolute Gasteiger partial charge is 0.328 e. The van der Waals surface area contributed by atoms with Crippen LogP contribution in [0.15, 0.2) is 53.7 Å². The van der Waals surface area contributed by atoms with E-state index < -0.39 is 16.0 Å². The van der Waals surface area contributed by atoms with E-state index in [1.54, 1.807) is 24.3 Å². The molecule has 6 nitrogen and oxygen atoms in total. The third-order valence-electron chi connectivity index (χ3n) is 3.11. The quantitative estimate of drug-likeness (QED) is 0.816. The molecule has 0 bridgehead atoms. The van der Waals surface area contributed by atoms with Gasteiger partial charge in [0.15, 0.2) is 0 Å². The van der Waals surface area contributed by atoms with Crippen molar-refractivity contribution in [1.82, 2.24) is 8.87 Å². The van der Waals surface area contributed by atoms with Gasteiger partial charge >= 0.3 is 5.97 Å². The minimum absolute atomic E-state index is 0.185. The lowest BCUT2D eigenvalue weighted by atomic mass is 10.2. The molecule has 0 amide bonds. The topological polar surface area (TPSA) is 79.6 Å². The third-order valence-corrected chi connectivity index (χ3v) is 4.76. The molecule has 1 aromatic carbocycles. The highest BCUT2D eigenvalue weighted by Crippen LogP contribution is 2.17. The molecule has 2 rings (SSSR count). The number of carboxylic acid groups (broad SMARTS) is 1. The van der Waals surface area contributed by atoms with Crippen LogP contribution in [-0.4, -0.2) is 42.5 Å². The van der Waals surface area contributed by atoms with Crippen LogP contribution in [0, 0.1) is 0 Å². The Kier molecular flexibility index (Phi) is 5.02. The van der Waals surface area contributed by atoms with Crippen LogP contribution in [0.1, 0.15) is 11.1 Å². The second-order valence-electron chi connectivity index (χ2n) is 5.33. The average Bonchev–Trinajstić information content (AvgIpc) is 2.94. The second kappa shape index (κ2) is 6.80. The van der Waals surface area contributed by atoms with Gasteiger partial charge in [-0.1, -0.05) is 12.1 Å². The van der Waals surface area contributed by atoms with Gasteiger partial charge in [0.25, 0.3) is 10.0 Å². The molecule has 0 atom stereocenters. The maximum Gasteiger partial charge on any atom is 0.328 e. The van der Waals surface area contributed by atoms with Crippen molar-refractivity contribution in [3.63, 3.8) is 0 Å². The number of aromatic nitrogens is 1. The van der Waals surface area contributed by atoms with Gasteiger partial charge in [0.1, 0.15) is 0 Å². The number of rotatable bonds is 6. The van der Waals surface area contributed by atoms with Crippen LogP contribution in [0.5, 0.6) is 0 Å². The van der Waals surface area contributed by atoms with Gasteiger partial charge in [-0.05, 0) is 49.5 Å². The zero-order valence-corrected chi connectivity index (χ0v) is 13.7. The van der Waals surface area contributed by atoms with E-state index in [9.17, 15) is 13.2 Å². The molecule has 0 spiro atoms. The number of hydrogen-bond acceptors (Lipinski definition) is 4. The minimum Gasteiger partial charge on any atom is -0.478 e. The zero-order valence-electron chi connectivity index (χ0n) is 12.9. The van der Waals surface area contributed by atoms with Crippen molar-refractivity contribution in [1.29, 1.82) is 0 Å². The fourth-order valence-electron chi connectivity index (χ4n) is 2.06. The van der Waals surface area contributed by atoms with E-state index in [2.05, 4.69) is 0 Å². The average molecular weight is 334 g/mol. The van der Waals surface area contributed by atoms with Crippen molar-refractivity contribution < 1.29 is 18.3 Å². The highest BCUT2D eigenvalue weighted by atomic mass is 32.2. The summed E-state index contributed by atoms with van der Waals surface area (Å²) < 4.78 is 26.1. The molecule has 7 heteroatoms. The maximum absolute atomic E-state index is 12.5. The third kappa shape index (κ3) is 4.30. The van der Waals surface area contributed by atoms with Crippen molar-refractivity contribution in [3.05, 3.63) is 59.9 Å². The molecule has 0 aliphatic carbocycles. The summed E-state index contributed by atoms with van der Waals surface area (Å²) in [4.78, 5) is 12.7. The van der Waals surface area contributed by atoms with E-state index in [1.165, 1.54) is 24.5 Å². The summed E-state index contributed by atoms with van der Waals surface area (Å²) in [7, 11) is 0.202. The number of aliphatic carboxylic acids is 1. The van der Waals surface area contributed by atoms with Gasteiger partial charge in [-0.15, -0.1) is 0 Å². The molecular formula is C16H18N2O4S. The Balaban J connectivity index is 2.26. The van der Waals surface area contributed by atoms with Crippen LogP contribution in [0.3, 0.4) is 0 Å². The monoisotopic (exact) mass is 334 g/mol. The molecule has 2 aromatic rings. The summed E-state index contributed by atoms with van der Waals surface area (Å²) in [5, 5.41) is 8.59. The van der Waals surface area contributed by atoms with E-state index in [0.29, 0.717) is 5.56 Å². The predicted molar refractivity (Wildman–Crippen MR) is 87.5 cm³/mol. The molecule has 0 aliphatic rings. The molecule has 122 valence electrons. The molecule has 1 heterocycles. The van der Waals surface area contributed by atoms with E-state index in [-0.39, 0.29) is 4.90 Å². The Morgan fingerprint density at radius 2 is 1.87 bits per heavy atom. The Hall–Kier alpha value is -2.38.